The van der Waals surface area contributed by atoms with Crippen LogP contribution in [-0.4, -0.2) is 11.1 Å². The Morgan fingerprint density at radius 3 is 2.93 bits per heavy atom. The van der Waals surface area contributed by atoms with Crippen LogP contribution in [0.15, 0.2) is 24.8 Å². The van der Waals surface area contributed by atoms with Crippen molar-refractivity contribution in [2.75, 3.05) is 5.33 Å². The molecule has 1 rings (SSSR count). The van der Waals surface area contributed by atoms with Crippen molar-refractivity contribution >= 4 is 21.7 Å². The van der Waals surface area contributed by atoms with Gasteiger partial charge in [-0.15, -0.1) is 0 Å². The summed E-state index contributed by atoms with van der Waals surface area (Å²) in [4.78, 5) is 11.2. The number of benzene rings is 1. The summed E-state index contributed by atoms with van der Waals surface area (Å²) in [7, 11) is 0. The fraction of sp³-hybridized carbons (Fsp3) is 0.250. The zero-order chi connectivity index (χ0) is 10.4. The third kappa shape index (κ3) is 5.74. The molecule has 0 spiro atoms. The molecule has 0 amide bonds. The number of hydrogen-bond acceptors (Lipinski definition) is 1. The molecule has 0 saturated carbocycles. The molecule has 0 aliphatic carbocycles. The van der Waals surface area contributed by atoms with Crippen molar-refractivity contribution in [3.8, 4) is 0 Å². The van der Waals surface area contributed by atoms with Gasteiger partial charge in [0.15, 0.2) is 0 Å². The standard InChI is InChI=1S/C12H11BrO.Y/c1-2-4-10-5-3-6-11(7-10)8-12(14)9-13;/h3,6-7H,1,4,8-9H2;/q-2;. The summed E-state index contributed by atoms with van der Waals surface area (Å²) in [5, 5.41) is 0.411. The molecule has 0 unspecified atom stereocenters. The Kier molecular flexibility index (Phi) is 8.50. The molecule has 1 radical (unpaired) electrons. The number of carbonyl (C=O) groups is 1. The SMILES string of the molecule is C=[C-]Cc1[c-]ccc(CC(=O)CBr)c1.[Y]. The number of hydrogen-bond donors (Lipinski definition) is 0. The normalized spacial score (nSPS) is 9.13. The molecule has 1 aromatic rings. The van der Waals surface area contributed by atoms with Crippen molar-refractivity contribution in [3.63, 3.8) is 0 Å². The number of carbonyl (C=O) groups excluding carboxylic acids is 1. The third-order valence-corrected chi connectivity index (χ3v) is 2.42. The molecule has 0 aromatic heterocycles. The summed E-state index contributed by atoms with van der Waals surface area (Å²) in [5.41, 5.74) is 2.05. The molecule has 0 fully saturated rings. The molecule has 1 aromatic carbocycles. The summed E-state index contributed by atoms with van der Waals surface area (Å²) in [6, 6.07) is 8.79. The Bertz CT molecular complexity index is 336. The van der Waals surface area contributed by atoms with E-state index in [9.17, 15) is 4.79 Å². The van der Waals surface area contributed by atoms with Gasteiger partial charge in [-0.25, -0.2) is 0 Å². The minimum Gasteiger partial charge on any atom is -0.502 e. The Morgan fingerprint density at radius 1 is 1.60 bits per heavy atom. The Hall–Kier alpha value is 0.214. The molecule has 0 atom stereocenters. The zero-order valence-corrected chi connectivity index (χ0v) is 12.8. The fourth-order valence-electron chi connectivity index (χ4n) is 1.19. The first-order valence-corrected chi connectivity index (χ1v) is 5.45. The van der Waals surface area contributed by atoms with Crippen LogP contribution in [-0.2, 0) is 50.3 Å². The first-order valence-electron chi connectivity index (χ1n) is 4.33. The van der Waals surface area contributed by atoms with E-state index in [4.69, 9.17) is 0 Å². The van der Waals surface area contributed by atoms with Crippen molar-refractivity contribution in [2.45, 2.75) is 12.8 Å². The molecule has 15 heavy (non-hydrogen) atoms. The third-order valence-electron chi connectivity index (χ3n) is 1.79. The van der Waals surface area contributed by atoms with Gasteiger partial charge in [-0.2, -0.15) is 41.8 Å². The fourth-order valence-corrected chi connectivity index (χ4v) is 1.39. The minimum atomic E-state index is 0. The van der Waals surface area contributed by atoms with E-state index in [2.05, 4.69) is 34.7 Å². The van der Waals surface area contributed by atoms with Crippen LogP contribution in [0.4, 0.5) is 0 Å². The first-order chi connectivity index (χ1) is 6.76. The van der Waals surface area contributed by atoms with E-state index in [0.29, 0.717) is 18.2 Å². The molecule has 1 nitrogen and oxygen atoms in total. The second kappa shape index (κ2) is 8.38. The van der Waals surface area contributed by atoms with Crippen LogP contribution in [0.2, 0.25) is 0 Å². The van der Waals surface area contributed by atoms with E-state index in [-0.39, 0.29) is 38.5 Å². The van der Waals surface area contributed by atoms with E-state index in [1.807, 2.05) is 18.2 Å². The van der Waals surface area contributed by atoms with Crippen LogP contribution >= 0.6 is 15.9 Å². The summed E-state index contributed by atoms with van der Waals surface area (Å²) in [5.74, 6) is 0.185. The van der Waals surface area contributed by atoms with Crippen LogP contribution in [0.5, 0.6) is 0 Å². The molecule has 0 aliphatic rings. The number of alkyl halides is 1. The summed E-state index contributed by atoms with van der Waals surface area (Å²) < 4.78 is 0. The average molecular weight is 340 g/mol. The van der Waals surface area contributed by atoms with Crippen molar-refractivity contribution in [2.24, 2.45) is 0 Å². The summed E-state index contributed by atoms with van der Waals surface area (Å²) in [6.07, 6.45) is 3.96. The number of rotatable bonds is 5. The maximum atomic E-state index is 11.2. The molecular weight excluding hydrogens is 329 g/mol. The molecule has 77 valence electrons. The summed E-state index contributed by atoms with van der Waals surface area (Å²) in [6.45, 7) is 3.54. The van der Waals surface area contributed by atoms with Gasteiger partial charge in [-0.05, 0) is 0 Å². The van der Waals surface area contributed by atoms with Crippen LogP contribution in [0.25, 0.3) is 0 Å². The van der Waals surface area contributed by atoms with Crippen LogP contribution in [0.1, 0.15) is 11.1 Å². The Labute approximate surface area is 124 Å². The number of Topliss-reactive ketones (excluding diaryl/α,β-unsaturated/α-hetero) is 1. The van der Waals surface area contributed by atoms with E-state index < -0.39 is 0 Å². The average Bonchev–Trinajstić information content (AvgIpc) is 2.19. The van der Waals surface area contributed by atoms with Gasteiger partial charge in [0.2, 0.25) is 0 Å². The minimum absolute atomic E-state index is 0. The molecular formula is C12H11BrOY-2. The van der Waals surface area contributed by atoms with E-state index in [1.54, 1.807) is 0 Å². The second-order valence-corrected chi connectivity index (χ2v) is 3.56. The topological polar surface area (TPSA) is 17.1 Å². The Morgan fingerprint density at radius 2 is 2.33 bits per heavy atom. The van der Waals surface area contributed by atoms with E-state index >= 15 is 0 Å². The van der Waals surface area contributed by atoms with Gasteiger partial charge < -0.3 is 6.08 Å². The van der Waals surface area contributed by atoms with Gasteiger partial charge >= 0.3 is 0 Å². The largest absolute Gasteiger partial charge is 0.502 e. The van der Waals surface area contributed by atoms with Crippen molar-refractivity contribution in [1.29, 1.82) is 0 Å². The summed E-state index contributed by atoms with van der Waals surface area (Å²) >= 11 is 3.14. The number of halogens is 1. The molecule has 0 saturated heterocycles. The first kappa shape index (κ1) is 15.2. The molecule has 0 bridgehead atoms. The smallest absolute Gasteiger partial charge is 0.145 e. The molecule has 0 aliphatic heterocycles. The Balaban J connectivity index is 0.00000196. The van der Waals surface area contributed by atoms with Gasteiger partial charge in [0.25, 0.3) is 0 Å². The van der Waals surface area contributed by atoms with Gasteiger partial charge in [-0.1, -0.05) is 15.9 Å². The molecule has 0 N–H and O–H groups in total. The van der Waals surface area contributed by atoms with Crippen molar-refractivity contribution < 1.29 is 37.5 Å². The van der Waals surface area contributed by atoms with Crippen molar-refractivity contribution in [1.82, 2.24) is 0 Å². The number of allylic oxidation sites excluding steroid dienone is 1. The van der Waals surface area contributed by atoms with E-state index in [0.717, 1.165) is 11.1 Å². The van der Waals surface area contributed by atoms with Gasteiger partial charge in [0.05, 0.1) is 5.33 Å². The zero-order valence-electron chi connectivity index (χ0n) is 8.42. The maximum absolute atomic E-state index is 11.2. The molecule has 0 heterocycles. The van der Waals surface area contributed by atoms with Crippen LogP contribution < -0.4 is 0 Å². The van der Waals surface area contributed by atoms with Crippen LogP contribution in [0, 0.1) is 12.1 Å². The predicted octanol–water partition coefficient (Wildman–Crippen LogP) is 2.52. The quantitative estimate of drug-likeness (QED) is 0.595. The van der Waals surface area contributed by atoms with E-state index in [1.165, 1.54) is 0 Å². The van der Waals surface area contributed by atoms with Gasteiger partial charge in [0, 0.05) is 39.1 Å². The van der Waals surface area contributed by atoms with Crippen molar-refractivity contribution in [3.05, 3.63) is 48.0 Å². The maximum Gasteiger partial charge on any atom is 0.145 e. The van der Waals surface area contributed by atoms with Gasteiger partial charge in [0.1, 0.15) is 5.78 Å². The number of ketones is 1. The molecule has 3 heteroatoms. The monoisotopic (exact) mass is 339 g/mol. The van der Waals surface area contributed by atoms with Gasteiger partial charge in [-0.3, -0.25) is 11.4 Å². The van der Waals surface area contributed by atoms with Crippen LogP contribution in [0.3, 0.4) is 0 Å². The predicted molar refractivity (Wildman–Crippen MR) is 60.4 cm³/mol. The second-order valence-electron chi connectivity index (χ2n) is 3.00.